The Hall–Kier alpha value is -3.31. The number of amides is 4. The van der Waals surface area contributed by atoms with Crippen LogP contribution in [0.1, 0.15) is 83.4 Å². The van der Waals surface area contributed by atoms with Crippen molar-refractivity contribution in [3.63, 3.8) is 0 Å². The molecule has 44 heavy (non-hydrogen) atoms. The quantitative estimate of drug-likeness (QED) is 0.184. The molecule has 2 aliphatic heterocycles. The van der Waals surface area contributed by atoms with Crippen LogP contribution in [0.25, 0.3) is 0 Å². The van der Waals surface area contributed by atoms with Gasteiger partial charge in [-0.05, 0) is 39.0 Å². The second-order valence-electron chi connectivity index (χ2n) is 12.9. The SMILES string of the molecule is CC(C)(O)c1cnnn1[C@H]1C[C@@H](C(=O)NC2(C(O)C(N)=O)CCS(=O)(=O)CC2)N(C(=O)[C@@H](CC2CCCCC2)NC(=O)O)C1. The molecule has 0 spiro atoms. The molecule has 0 bridgehead atoms. The average molecular weight is 642 g/mol. The molecule has 3 heterocycles. The molecule has 4 atom stereocenters. The monoisotopic (exact) mass is 641 g/mol. The molecule has 4 rings (SSSR count). The standard InChI is InChI=1S/C27H43N7O9S/c1-26(2,41)20-14-29-32-34(20)17-13-19(23(37)31-27(21(35)22(28)36)8-10-44(42,43)11-9-27)33(15-17)24(38)18(30-25(39)40)12-16-6-4-3-5-7-16/h14,16-19,21,30,35,41H,3-13,15H2,1-2H3,(H2,28,36)(H,31,37)(H,39,40)/t17-,18+,19-,21?/m0/s1. The highest BCUT2D eigenvalue weighted by Crippen LogP contribution is 2.35. The van der Waals surface area contributed by atoms with E-state index in [0.717, 1.165) is 32.1 Å². The van der Waals surface area contributed by atoms with Crippen molar-refractivity contribution in [3.8, 4) is 0 Å². The number of primary amides is 1. The number of carbonyl (C=O) groups is 4. The lowest BCUT2D eigenvalue weighted by molar-refractivity contribution is -0.143. The molecule has 1 saturated carbocycles. The van der Waals surface area contributed by atoms with Gasteiger partial charge >= 0.3 is 6.09 Å². The van der Waals surface area contributed by atoms with Crippen molar-refractivity contribution in [2.75, 3.05) is 18.1 Å². The first-order valence-corrected chi connectivity index (χ1v) is 16.8. The minimum absolute atomic E-state index is 0.0196. The highest BCUT2D eigenvalue weighted by molar-refractivity contribution is 7.91. The Kier molecular flexibility index (Phi) is 9.90. The van der Waals surface area contributed by atoms with Crippen LogP contribution >= 0.6 is 0 Å². The zero-order valence-electron chi connectivity index (χ0n) is 25.0. The Bertz CT molecular complexity index is 1340. The zero-order valence-corrected chi connectivity index (χ0v) is 25.8. The van der Waals surface area contributed by atoms with Gasteiger partial charge in [-0.3, -0.25) is 14.4 Å². The smallest absolute Gasteiger partial charge is 0.405 e. The molecule has 2 saturated heterocycles. The number of carboxylic acid groups (broad SMARTS) is 1. The molecule has 0 radical (unpaired) electrons. The van der Waals surface area contributed by atoms with Crippen molar-refractivity contribution in [3.05, 3.63) is 11.9 Å². The molecule has 1 aromatic rings. The number of aliphatic hydroxyl groups is 2. The van der Waals surface area contributed by atoms with Crippen molar-refractivity contribution in [1.29, 1.82) is 0 Å². The van der Waals surface area contributed by atoms with Crippen molar-refractivity contribution in [2.45, 2.75) is 107 Å². The van der Waals surface area contributed by atoms with E-state index < -0.39 is 80.5 Å². The third-order valence-corrected chi connectivity index (χ3v) is 10.8. The van der Waals surface area contributed by atoms with Crippen LogP contribution in [-0.4, -0.2) is 109 Å². The molecular weight excluding hydrogens is 598 g/mol. The number of hydrogen-bond acceptors (Lipinski definition) is 10. The lowest BCUT2D eigenvalue weighted by Crippen LogP contribution is -2.66. The molecule has 246 valence electrons. The van der Waals surface area contributed by atoms with E-state index in [1.54, 1.807) is 0 Å². The largest absolute Gasteiger partial charge is 0.465 e. The van der Waals surface area contributed by atoms with Gasteiger partial charge in [0, 0.05) is 13.0 Å². The third-order valence-electron chi connectivity index (χ3n) is 9.19. The highest BCUT2D eigenvalue weighted by Gasteiger charge is 2.50. The maximum Gasteiger partial charge on any atom is 0.405 e. The van der Waals surface area contributed by atoms with Gasteiger partial charge in [0.25, 0.3) is 0 Å². The van der Waals surface area contributed by atoms with Gasteiger partial charge in [-0.1, -0.05) is 37.3 Å². The third kappa shape index (κ3) is 7.48. The first kappa shape index (κ1) is 33.6. The minimum Gasteiger partial charge on any atom is -0.465 e. The first-order chi connectivity index (χ1) is 20.5. The van der Waals surface area contributed by atoms with Gasteiger partial charge in [0.2, 0.25) is 17.7 Å². The van der Waals surface area contributed by atoms with Crippen molar-refractivity contribution in [1.82, 2.24) is 30.5 Å². The van der Waals surface area contributed by atoms with Crippen LogP contribution in [-0.2, 0) is 29.8 Å². The number of rotatable bonds is 10. The maximum atomic E-state index is 14.1. The van der Waals surface area contributed by atoms with Crippen LogP contribution in [0, 0.1) is 5.92 Å². The Balaban J connectivity index is 1.67. The highest BCUT2D eigenvalue weighted by atomic mass is 32.2. The number of nitrogens with zero attached hydrogens (tertiary/aromatic N) is 4. The number of sulfone groups is 1. The van der Waals surface area contributed by atoms with E-state index in [-0.39, 0.29) is 38.1 Å². The normalized spacial score (nSPS) is 25.1. The Labute approximate surface area is 255 Å². The van der Waals surface area contributed by atoms with Crippen LogP contribution in [0.2, 0.25) is 0 Å². The number of carbonyl (C=O) groups excluding carboxylic acids is 3. The van der Waals surface area contributed by atoms with E-state index in [1.807, 2.05) is 0 Å². The number of aliphatic hydroxyl groups excluding tert-OH is 1. The van der Waals surface area contributed by atoms with E-state index in [4.69, 9.17) is 5.73 Å². The molecule has 0 aromatic carbocycles. The second-order valence-corrected chi connectivity index (χ2v) is 15.2. The number of nitrogens with one attached hydrogen (secondary N) is 2. The zero-order chi connectivity index (χ0) is 32.4. The van der Waals surface area contributed by atoms with E-state index in [2.05, 4.69) is 20.9 Å². The molecule has 3 aliphatic rings. The van der Waals surface area contributed by atoms with E-state index in [0.29, 0.717) is 5.69 Å². The summed E-state index contributed by atoms with van der Waals surface area (Å²) in [7, 11) is -3.47. The van der Waals surface area contributed by atoms with Gasteiger partial charge < -0.3 is 36.6 Å². The Morgan fingerprint density at radius 3 is 2.36 bits per heavy atom. The van der Waals surface area contributed by atoms with Gasteiger partial charge in [0.15, 0.2) is 15.9 Å². The predicted molar refractivity (Wildman–Crippen MR) is 155 cm³/mol. The summed E-state index contributed by atoms with van der Waals surface area (Å²) in [6.45, 7) is 2.99. The van der Waals surface area contributed by atoms with Gasteiger partial charge in [-0.25, -0.2) is 17.9 Å². The van der Waals surface area contributed by atoms with Crippen molar-refractivity contribution < 1.29 is 42.9 Å². The Morgan fingerprint density at radius 2 is 1.80 bits per heavy atom. The van der Waals surface area contributed by atoms with Gasteiger partial charge in [0.05, 0.1) is 35.0 Å². The molecule has 4 amide bonds. The van der Waals surface area contributed by atoms with Crippen LogP contribution in [0.3, 0.4) is 0 Å². The summed E-state index contributed by atoms with van der Waals surface area (Å²) >= 11 is 0. The summed E-state index contributed by atoms with van der Waals surface area (Å²) in [6, 6.07) is -3.01. The molecule has 1 unspecified atom stereocenters. The molecule has 7 N–H and O–H groups in total. The van der Waals surface area contributed by atoms with Gasteiger partial charge in [-0.15, -0.1) is 5.10 Å². The fourth-order valence-corrected chi connectivity index (χ4v) is 8.29. The summed E-state index contributed by atoms with van der Waals surface area (Å²) < 4.78 is 25.8. The van der Waals surface area contributed by atoms with E-state index in [1.165, 1.54) is 29.6 Å². The molecule has 1 aliphatic carbocycles. The topological polar surface area (TPSA) is 247 Å². The summed E-state index contributed by atoms with van der Waals surface area (Å²) in [4.78, 5) is 53.2. The van der Waals surface area contributed by atoms with E-state index >= 15 is 0 Å². The number of nitrogens with two attached hydrogens (primary N) is 1. The van der Waals surface area contributed by atoms with E-state index in [9.17, 15) is 42.9 Å². The lowest BCUT2D eigenvalue weighted by Gasteiger charge is -2.41. The van der Waals surface area contributed by atoms with Gasteiger partial charge in [0.1, 0.15) is 17.7 Å². The summed E-state index contributed by atoms with van der Waals surface area (Å²) in [5.41, 5.74) is 2.66. The minimum atomic E-state index is -3.47. The summed E-state index contributed by atoms with van der Waals surface area (Å²) in [5, 5.41) is 44.0. The number of hydrogen-bond donors (Lipinski definition) is 6. The molecule has 16 nitrogen and oxygen atoms in total. The van der Waals surface area contributed by atoms with Crippen LogP contribution in [0.15, 0.2) is 6.20 Å². The van der Waals surface area contributed by atoms with Gasteiger partial charge in [-0.2, -0.15) is 0 Å². The summed E-state index contributed by atoms with van der Waals surface area (Å²) in [6.07, 6.45) is 2.49. The van der Waals surface area contributed by atoms with Crippen LogP contribution < -0.4 is 16.4 Å². The molecule has 3 fully saturated rings. The average Bonchev–Trinajstić information content (AvgIpc) is 3.61. The van der Waals surface area contributed by atoms with Crippen LogP contribution in [0.4, 0.5) is 4.79 Å². The molecule has 1 aromatic heterocycles. The maximum absolute atomic E-state index is 14.1. The van der Waals surface area contributed by atoms with Crippen molar-refractivity contribution in [2.24, 2.45) is 11.7 Å². The summed E-state index contributed by atoms with van der Waals surface area (Å²) in [5.74, 6) is -3.21. The molecule has 17 heteroatoms. The number of likely N-dealkylation sites (tertiary alicyclic amines) is 1. The Morgan fingerprint density at radius 1 is 1.16 bits per heavy atom. The first-order valence-electron chi connectivity index (χ1n) is 15.0. The van der Waals surface area contributed by atoms with Crippen molar-refractivity contribution >= 4 is 33.7 Å². The lowest BCUT2D eigenvalue weighted by atomic mass is 9.84. The number of aromatic nitrogens is 3. The fraction of sp³-hybridized carbons (Fsp3) is 0.778. The predicted octanol–water partition coefficient (Wildman–Crippen LogP) is -0.836. The van der Waals surface area contributed by atoms with Crippen LogP contribution in [0.5, 0.6) is 0 Å². The molecular formula is C27H43N7O9S. The fourth-order valence-electron chi connectivity index (χ4n) is 6.73. The second kappa shape index (κ2) is 13.0.